The Balaban J connectivity index is 2.59. The van der Waals surface area contributed by atoms with Gasteiger partial charge in [0.05, 0.1) is 7.11 Å². The third-order valence-electron chi connectivity index (χ3n) is 2.98. The minimum atomic E-state index is -1.06. The average molecular weight is 294 g/mol. The van der Waals surface area contributed by atoms with Gasteiger partial charge in [0.1, 0.15) is 11.8 Å². The molecule has 0 radical (unpaired) electrons. The van der Waals surface area contributed by atoms with E-state index in [1.54, 1.807) is 33.9 Å². The predicted molar refractivity (Wildman–Crippen MR) is 79.2 cm³/mol. The Hall–Kier alpha value is -2.24. The van der Waals surface area contributed by atoms with Gasteiger partial charge in [0.25, 0.3) is 0 Å². The SMILES string of the molecule is COc1cccc(CNC(=O)N[C@H](C(=O)O)C(C)(C)C)c1. The van der Waals surface area contributed by atoms with Gasteiger partial charge in [0, 0.05) is 6.54 Å². The van der Waals surface area contributed by atoms with Crippen molar-refractivity contribution in [2.24, 2.45) is 5.41 Å². The molecule has 1 aromatic carbocycles. The standard InChI is InChI=1S/C15H22N2O4/c1-15(2,3)12(13(18)19)17-14(20)16-9-10-6-5-7-11(8-10)21-4/h5-8,12H,9H2,1-4H3,(H,18,19)(H2,16,17,20)/t12-/m1/s1. The molecule has 0 fully saturated rings. The summed E-state index contributed by atoms with van der Waals surface area (Å²) in [6.45, 7) is 5.57. The van der Waals surface area contributed by atoms with E-state index >= 15 is 0 Å². The molecular weight excluding hydrogens is 272 g/mol. The number of rotatable bonds is 5. The monoisotopic (exact) mass is 294 g/mol. The van der Waals surface area contributed by atoms with Gasteiger partial charge in [-0.2, -0.15) is 0 Å². The van der Waals surface area contributed by atoms with Crippen LogP contribution in [0.2, 0.25) is 0 Å². The Morgan fingerprint density at radius 1 is 1.33 bits per heavy atom. The summed E-state index contributed by atoms with van der Waals surface area (Å²) in [5, 5.41) is 14.3. The van der Waals surface area contributed by atoms with Gasteiger partial charge in [-0.05, 0) is 23.1 Å². The maximum absolute atomic E-state index is 11.8. The van der Waals surface area contributed by atoms with E-state index in [0.29, 0.717) is 12.3 Å². The molecule has 3 N–H and O–H groups in total. The topological polar surface area (TPSA) is 87.7 Å². The van der Waals surface area contributed by atoms with Crippen molar-refractivity contribution in [3.63, 3.8) is 0 Å². The second kappa shape index (κ2) is 6.97. The summed E-state index contributed by atoms with van der Waals surface area (Å²) >= 11 is 0. The second-order valence-corrected chi connectivity index (χ2v) is 5.82. The molecular formula is C15H22N2O4. The van der Waals surface area contributed by atoms with E-state index < -0.39 is 23.5 Å². The highest BCUT2D eigenvalue weighted by Crippen LogP contribution is 2.19. The molecule has 0 aromatic heterocycles. The number of methoxy groups -OCH3 is 1. The molecule has 0 saturated heterocycles. The summed E-state index contributed by atoms with van der Waals surface area (Å²) in [7, 11) is 1.57. The lowest BCUT2D eigenvalue weighted by atomic mass is 9.87. The molecule has 0 spiro atoms. The number of carboxylic acids is 1. The highest BCUT2D eigenvalue weighted by Gasteiger charge is 2.32. The first kappa shape index (κ1) is 16.8. The second-order valence-electron chi connectivity index (χ2n) is 5.82. The Labute approximate surface area is 124 Å². The molecule has 6 heteroatoms. The van der Waals surface area contributed by atoms with E-state index in [-0.39, 0.29) is 0 Å². The minimum Gasteiger partial charge on any atom is -0.497 e. The molecule has 0 bridgehead atoms. The number of benzene rings is 1. The summed E-state index contributed by atoms with van der Waals surface area (Å²) in [5.41, 5.74) is 0.297. The summed E-state index contributed by atoms with van der Waals surface area (Å²) in [6.07, 6.45) is 0. The molecule has 0 heterocycles. The van der Waals surface area contributed by atoms with E-state index in [1.807, 2.05) is 18.2 Å². The van der Waals surface area contributed by atoms with Gasteiger partial charge >= 0.3 is 12.0 Å². The minimum absolute atomic E-state index is 0.291. The Kier molecular flexibility index (Phi) is 5.58. The van der Waals surface area contributed by atoms with Crippen LogP contribution in [-0.4, -0.2) is 30.3 Å². The van der Waals surface area contributed by atoms with E-state index in [4.69, 9.17) is 9.84 Å². The first-order chi connectivity index (χ1) is 9.74. The summed E-state index contributed by atoms with van der Waals surface area (Å²) in [4.78, 5) is 23.0. The molecule has 0 aliphatic heterocycles. The lowest BCUT2D eigenvalue weighted by molar-refractivity contribution is -0.141. The van der Waals surface area contributed by atoms with Gasteiger partial charge in [0.15, 0.2) is 0 Å². The van der Waals surface area contributed by atoms with Crippen molar-refractivity contribution >= 4 is 12.0 Å². The Morgan fingerprint density at radius 2 is 2.00 bits per heavy atom. The Bertz CT molecular complexity index is 509. The van der Waals surface area contributed by atoms with Crippen LogP contribution in [0.1, 0.15) is 26.3 Å². The van der Waals surface area contributed by atoms with Crippen LogP contribution in [0, 0.1) is 5.41 Å². The fourth-order valence-corrected chi connectivity index (χ4v) is 1.80. The zero-order valence-electron chi connectivity index (χ0n) is 12.8. The number of carboxylic acid groups (broad SMARTS) is 1. The maximum atomic E-state index is 11.8. The van der Waals surface area contributed by atoms with E-state index in [0.717, 1.165) is 5.56 Å². The average Bonchev–Trinajstić information content (AvgIpc) is 2.41. The third-order valence-corrected chi connectivity index (χ3v) is 2.98. The quantitative estimate of drug-likeness (QED) is 0.775. The van der Waals surface area contributed by atoms with Gasteiger partial charge < -0.3 is 20.5 Å². The van der Waals surface area contributed by atoms with E-state index in [9.17, 15) is 9.59 Å². The number of hydrogen-bond acceptors (Lipinski definition) is 3. The van der Waals surface area contributed by atoms with E-state index in [2.05, 4.69) is 10.6 Å². The van der Waals surface area contributed by atoms with Crippen molar-refractivity contribution in [3.05, 3.63) is 29.8 Å². The van der Waals surface area contributed by atoms with Crippen LogP contribution in [0.4, 0.5) is 4.79 Å². The van der Waals surface area contributed by atoms with Crippen LogP contribution in [0.5, 0.6) is 5.75 Å². The van der Waals surface area contributed by atoms with Crippen molar-refractivity contribution in [2.75, 3.05) is 7.11 Å². The van der Waals surface area contributed by atoms with Gasteiger partial charge in [-0.3, -0.25) is 0 Å². The predicted octanol–water partition coefficient (Wildman–Crippen LogP) is 1.99. The molecule has 0 aliphatic carbocycles. The van der Waals surface area contributed by atoms with Crippen molar-refractivity contribution in [1.82, 2.24) is 10.6 Å². The number of ether oxygens (including phenoxy) is 1. The van der Waals surface area contributed by atoms with Crippen LogP contribution in [0.3, 0.4) is 0 Å². The lowest BCUT2D eigenvalue weighted by Gasteiger charge is -2.27. The van der Waals surface area contributed by atoms with Crippen LogP contribution < -0.4 is 15.4 Å². The molecule has 0 aliphatic rings. The smallest absolute Gasteiger partial charge is 0.326 e. The van der Waals surface area contributed by atoms with E-state index in [1.165, 1.54) is 0 Å². The molecule has 0 unspecified atom stereocenters. The van der Waals surface area contributed by atoms with Gasteiger partial charge in [-0.25, -0.2) is 9.59 Å². The zero-order chi connectivity index (χ0) is 16.0. The molecule has 21 heavy (non-hydrogen) atoms. The normalized spacial score (nSPS) is 12.4. The first-order valence-corrected chi connectivity index (χ1v) is 6.64. The molecule has 0 saturated carbocycles. The van der Waals surface area contributed by atoms with Crippen molar-refractivity contribution in [1.29, 1.82) is 0 Å². The zero-order valence-corrected chi connectivity index (χ0v) is 12.8. The van der Waals surface area contributed by atoms with Crippen molar-refractivity contribution in [3.8, 4) is 5.75 Å². The number of carbonyl (C=O) groups excluding carboxylic acids is 1. The lowest BCUT2D eigenvalue weighted by Crippen LogP contribution is -2.52. The van der Waals surface area contributed by atoms with Gasteiger partial charge in [-0.15, -0.1) is 0 Å². The van der Waals surface area contributed by atoms with Crippen LogP contribution in [0.25, 0.3) is 0 Å². The fraction of sp³-hybridized carbons (Fsp3) is 0.467. The van der Waals surface area contributed by atoms with Gasteiger partial charge in [-0.1, -0.05) is 32.9 Å². The Morgan fingerprint density at radius 3 is 2.52 bits per heavy atom. The van der Waals surface area contributed by atoms with Crippen LogP contribution in [0.15, 0.2) is 24.3 Å². The summed E-state index contributed by atoms with van der Waals surface area (Å²) in [5.74, 6) is -0.355. The van der Waals surface area contributed by atoms with Gasteiger partial charge in [0.2, 0.25) is 0 Å². The largest absolute Gasteiger partial charge is 0.497 e. The maximum Gasteiger partial charge on any atom is 0.326 e. The number of carbonyl (C=O) groups is 2. The highest BCUT2D eigenvalue weighted by molar-refractivity contribution is 5.83. The van der Waals surface area contributed by atoms with Crippen molar-refractivity contribution in [2.45, 2.75) is 33.4 Å². The third kappa shape index (κ3) is 5.33. The van der Waals surface area contributed by atoms with Crippen molar-refractivity contribution < 1.29 is 19.4 Å². The number of nitrogens with one attached hydrogen (secondary N) is 2. The molecule has 1 aromatic rings. The van der Waals surface area contributed by atoms with Crippen LogP contribution >= 0.6 is 0 Å². The fourth-order valence-electron chi connectivity index (χ4n) is 1.80. The summed E-state index contributed by atoms with van der Waals surface area (Å²) < 4.78 is 5.10. The summed E-state index contributed by atoms with van der Waals surface area (Å²) in [6, 6.07) is 5.81. The molecule has 1 atom stereocenters. The molecule has 6 nitrogen and oxygen atoms in total. The number of amides is 2. The van der Waals surface area contributed by atoms with Crippen LogP contribution in [-0.2, 0) is 11.3 Å². The first-order valence-electron chi connectivity index (χ1n) is 6.64. The molecule has 1 rings (SSSR count). The number of hydrogen-bond donors (Lipinski definition) is 3. The highest BCUT2D eigenvalue weighted by atomic mass is 16.5. The molecule has 116 valence electrons. The number of urea groups is 1. The molecule has 2 amide bonds. The number of aliphatic carboxylic acids is 1.